The van der Waals surface area contributed by atoms with Gasteiger partial charge in [-0.15, -0.1) is 11.6 Å². The van der Waals surface area contributed by atoms with Gasteiger partial charge in [-0.2, -0.15) is 0 Å². The predicted octanol–water partition coefficient (Wildman–Crippen LogP) is 3.19. The van der Waals surface area contributed by atoms with Crippen molar-refractivity contribution in [3.05, 3.63) is 34.6 Å². The Hall–Kier alpha value is -1.17. The zero-order chi connectivity index (χ0) is 12.6. The summed E-state index contributed by atoms with van der Waals surface area (Å²) < 4.78 is 64.0. The second kappa shape index (κ2) is 4.37. The van der Waals surface area contributed by atoms with Crippen LogP contribution in [-0.2, 0) is 0 Å². The van der Waals surface area contributed by atoms with Gasteiger partial charge in [0.2, 0.25) is 5.82 Å². The van der Waals surface area contributed by atoms with Crippen molar-refractivity contribution in [2.75, 3.05) is 0 Å². The van der Waals surface area contributed by atoms with E-state index in [0.29, 0.717) is 0 Å². The molecule has 1 aromatic carbocycles. The van der Waals surface area contributed by atoms with Gasteiger partial charge in [-0.1, -0.05) is 0 Å². The number of Topliss-reactive ketones (excluding diaryl/α,β-unsaturated/α-hetero) is 1. The van der Waals surface area contributed by atoms with Gasteiger partial charge in [0.1, 0.15) is 0 Å². The molecule has 1 nitrogen and oxygen atoms in total. The van der Waals surface area contributed by atoms with Gasteiger partial charge in [0, 0.05) is 0 Å². The topological polar surface area (TPSA) is 17.1 Å². The van der Waals surface area contributed by atoms with Crippen LogP contribution in [0.15, 0.2) is 0 Å². The minimum absolute atomic E-state index is 1.06. The van der Waals surface area contributed by atoms with Crippen LogP contribution in [0.3, 0.4) is 0 Å². The lowest BCUT2D eigenvalue weighted by Crippen LogP contribution is -2.18. The number of carbonyl (C=O) groups excluding carboxylic acids is 1. The predicted molar refractivity (Wildman–Crippen MR) is 45.9 cm³/mol. The number of alkyl halides is 1. The molecule has 0 aromatic heterocycles. The molecule has 0 aliphatic heterocycles. The highest BCUT2D eigenvalue weighted by Gasteiger charge is 2.30. The largest absolute Gasteiger partial charge is 0.292 e. The molecule has 0 heterocycles. The summed E-state index contributed by atoms with van der Waals surface area (Å²) >= 11 is 5.23. The van der Waals surface area contributed by atoms with Gasteiger partial charge < -0.3 is 0 Å². The Bertz CT molecular complexity index is 429. The molecule has 0 saturated heterocycles. The van der Waals surface area contributed by atoms with Crippen LogP contribution in [0.4, 0.5) is 22.0 Å². The minimum atomic E-state index is -2.31. The quantitative estimate of drug-likeness (QED) is 0.262. The van der Waals surface area contributed by atoms with E-state index in [4.69, 9.17) is 11.6 Å². The van der Waals surface area contributed by atoms with E-state index >= 15 is 0 Å². The first-order valence-electron chi connectivity index (χ1n) is 3.98. The maximum atomic E-state index is 13.0. The van der Waals surface area contributed by atoms with E-state index in [0.717, 1.165) is 6.92 Å². The van der Waals surface area contributed by atoms with E-state index in [-0.39, 0.29) is 0 Å². The van der Waals surface area contributed by atoms with Crippen LogP contribution in [0.1, 0.15) is 17.3 Å². The van der Waals surface area contributed by atoms with Crippen LogP contribution >= 0.6 is 11.6 Å². The summed E-state index contributed by atoms with van der Waals surface area (Å²) in [6, 6.07) is 0. The molecule has 0 aliphatic rings. The number of ketones is 1. The summed E-state index contributed by atoms with van der Waals surface area (Å²) in [5, 5.41) is -1.40. The van der Waals surface area contributed by atoms with Crippen molar-refractivity contribution in [1.82, 2.24) is 0 Å². The van der Waals surface area contributed by atoms with E-state index < -0.39 is 45.8 Å². The van der Waals surface area contributed by atoms with E-state index in [1.807, 2.05) is 0 Å². The van der Waals surface area contributed by atoms with Crippen molar-refractivity contribution >= 4 is 17.4 Å². The van der Waals surface area contributed by atoms with Gasteiger partial charge in [-0.05, 0) is 6.92 Å². The molecule has 1 aromatic rings. The van der Waals surface area contributed by atoms with Crippen molar-refractivity contribution < 1.29 is 26.7 Å². The third kappa shape index (κ3) is 1.89. The Kier molecular flexibility index (Phi) is 3.52. The monoisotopic (exact) mass is 258 g/mol. The van der Waals surface area contributed by atoms with Gasteiger partial charge in [-0.3, -0.25) is 4.79 Å². The molecule has 0 spiro atoms. The summed E-state index contributed by atoms with van der Waals surface area (Å²) in [5.41, 5.74) is -1.51. The first-order valence-corrected chi connectivity index (χ1v) is 4.42. The molecular weight excluding hydrogens is 255 g/mol. The second-order valence-electron chi connectivity index (χ2n) is 2.93. The lowest BCUT2D eigenvalue weighted by molar-refractivity contribution is 0.0980. The van der Waals surface area contributed by atoms with Gasteiger partial charge in [-0.25, -0.2) is 22.0 Å². The minimum Gasteiger partial charge on any atom is -0.292 e. The average Bonchev–Trinajstić information content (AvgIpc) is 2.23. The Morgan fingerprint density at radius 2 is 1.25 bits per heavy atom. The first-order chi connectivity index (χ1) is 7.29. The maximum absolute atomic E-state index is 13.0. The molecule has 1 rings (SSSR count). The van der Waals surface area contributed by atoms with Crippen molar-refractivity contribution in [3.63, 3.8) is 0 Å². The molecule has 0 amide bonds. The van der Waals surface area contributed by atoms with Crippen molar-refractivity contribution in [2.45, 2.75) is 12.3 Å². The Morgan fingerprint density at radius 1 is 0.938 bits per heavy atom. The average molecular weight is 259 g/mol. The van der Waals surface area contributed by atoms with Crippen LogP contribution in [0.2, 0.25) is 0 Å². The van der Waals surface area contributed by atoms with Crippen molar-refractivity contribution in [3.8, 4) is 0 Å². The molecule has 0 radical (unpaired) electrons. The van der Waals surface area contributed by atoms with E-state index in [9.17, 15) is 26.7 Å². The Morgan fingerprint density at radius 3 is 1.56 bits per heavy atom. The number of rotatable bonds is 2. The maximum Gasteiger partial charge on any atom is 0.200 e. The highest BCUT2D eigenvalue weighted by molar-refractivity contribution is 6.33. The fraction of sp³-hybridized carbons (Fsp3) is 0.222. The van der Waals surface area contributed by atoms with Gasteiger partial charge in [0.25, 0.3) is 0 Å². The van der Waals surface area contributed by atoms with Crippen LogP contribution in [0.25, 0.3) is 0 Å². The van der Waals surface area contributed by atoms with Gasteiger partial charge in [0.15, 0.2) is 29.1 Å². The van der Waals surface area contributed by atoms with Gasteiger partial charge >= 0.3 is 0 Å². The molecule has 1 atom stereocenters. The number of halogens is 6. The molecule has 1 unspecified atom stereocenters. The number of benzene rings is 1. The lowest BCUT2D eigenvalue weighted by atomic mass is 10.1. The summed E-state index contributed by atoms with van der Waals surface area (Å²) in [5.74, 6) is -12.4. The molecular formula is C9H4ClF5O. The summed E-state index contributed by atoms with van der Waals surface area (Å²) in [6.07, 6.45) is 0. The normalized spacial score (nSPS) is 12.7. The summed E-state index contributed by atoms with van der Waals surface area (Å²) in [6.45, 7) is 1.06. The van der Waals surface area contributed by atoms with E-state index in [1.54, 1.807) is 0 Å². The number of hydrogen-bond acceptors (Lipinski definition) is 1. The molecule has 0 aliphatic carbocycles. The van der Waals surface area contributed by atoms with E-state index in [2.05, 4.69) is 0 Å². The molecule has 0 bridgehead atoms. The van der Waals surface area contributed by atoms with Crippen LogP contribution in [-0.4, -0.2) is 11.2 Å². The van der Waals surface area contributed by atoms with Gasteiger partial charge in [0.05, 0.1) is 10.9 Å². The lowest BCUT2D eigenvalue weighted by Gasteiger charge is -2.08. The van der Waals surface area contributed by atoms with E-state index in [1.165, 1.54) is 0 Å². The highest BCUT2D eigenvalue weighted by Crippen LogP contribution is 2.24. The zero-order valence-corrected chi connectivity index (χ0v) is 8.51. The molecule has 7 heteroatoms. The standard InChI is InChI=1S/C9H4ClF5O/c1-2(10)9(16)3-4(11)6(13)8(15)7(14)5(3)12/h2H,1H3. The highest BCUT2D eigenvalue weighted by atomic mass is 35.5. The third-order valence-electron chi connectivity index (χ3n) is 1.82. The van der Waals surface area contributed by atoms with Crippen molar-refractivity contribution in [2.24, 2.45) is 0 Å². The number of carbonyl (C=O) groups is 1. The Labute approximate surface area is 91.8 Å². The molecule has 0 saturated carbocycles. The smallest absolute Gasteiger partial charge is 0.200 e. The molecule has 0 fully saturated rings. The molecule has 88 valence electrons. The third-order valence-corrected chi connectivity index (χ3v) is 2.02. The first kappa shape index (κ1) is 12.9. The zero-order valence-electron chi connectivity index (χ0n) is 7.75. The van der Waals surface area contributed by atoms with Crippen LogP contribution in [0.5, 0.6) is 0 Å². The van der Waals surface area contributed by atoms with Crippen molar-refractivity contribution in [1.29, 1.82) is 0 Å². The Balaban J connectivity index is 3.58. The van der Waals surface area contributed by atoms with Crippen LogP contribution in [0, 0.1) is 29.1 Å². The molecule has 0 N–H and O–H groups in total. The second-order valence-corrected chi connectivity index (χ2v) is 3.58. The fourth-order valence-electron chi connectivity index (χ4n) is 1.02. The summed E-state index contributed by atoms with van der Waals surface area (Å²) in [7, 11) is 0. The molecule has 16 heavy (non-hydrogen) atoms. The summed E-state index contributed by atoms with van der Waals surface area (Å²) in [4.78, 5) is 11.1. The van der Waals surface area contributed by atoms with Crippen LogP contribution < -0.4 is 0 Å². The SMILES string of the molecule is CC(Cl)C(=O)c1c(F)c(F)c(F)c(F)c1F. The fourth-order valence-corrected chi connectivity index (χ4v) is 1.13. The number of hydrogen-bond donors (Lipinski definition) is 0.